The fourth-order valence-corrected chi connectivity index (χ4v) is 2.67. The van der Waals surface area contributed by atoms with Gasteiger partial charge in [0.15, 0.2) is 5.82 Å². The van der Waals surface area contributed by atoms with Crippen LogP contribution in [-0.4, -0.2) is 52.9 Å². The lowest BCUT2D eigenvalue weighted by molar-refractivity contribution is -0.0351. The summed E-state index contributed by atoms with van der Waals surface area (Å²) in [6.07, 6.45) is 1.83. The number of H-pyrrole nitrogens is 1. The van der Waals surface area contributed by atoms with E-state index < -0.39 is 0 Å². The van der Waals surface area contributed by atoms with Crippen LogP contribution in [0.5, 0.6) is 5.75 Å². The monoisotopic (exact) mass is 316 g/mol. The van der Waals surface area contributed by atoms with E-state index in [0.717, 1.165) is 63.1 Å². The first-order chi connectivity index (χ1) is 11.3. The maximum Gasteiger partial charge on any atom is 0.180 e. The van der Waals surface area contributed by atoms with Gasteiger partial charge in [-0.05, 0) is 18.6 Å². The second kappa shape index (κ2) is 8.08. The molecule has 0 aliphatic carbocycles. The molecule has 6 heteroatoms. The molecule has 1 fully saturated rings. The largest absolute Gasteiger partial charge is 0.494 e. The van der Waals surface area contributed by atoms with Gasteiger partial charge in [0.1, 0.15) is 17.7 Å². The maximum absolute atomic E-state index is 5.81. The molecule has 3 rings (SSSR count). The third-order valence-corrected chi connectivity index (χ3v) is 3.95. The van der Waals surface area contributed by atoms with Crippen molar-refractivity contribution in [2.45, 2.75) is 25.9 Å². The topological polar surface area (TPSA) is 63.3 Å². The second-order valence-corrected chi connectivity index (χ2v) is 5.67. The van der Waals surface area contributed by atoms with Crippen molar-refractivity contribution in [3.8, 4) is 5.75 Å². The molecular formula is C17H24N4O2. The molecule has 0 amide bonds. The van der Waals surface area contributed by atoms with Gasteiger partial charge in [0.05, 0.1) is 13.2 Å². The molecule has 1 atom stereocenters. The van der Waals surface area contributed by atoms with Crippen LogP contribution < -0.4 is 4.74 Å². The number of morpholine rings is 1. The van der Waals surface area contributed by atoms with Crippen molar-refractivity contribution in [1.82, 2.24) is 20.1 Å². The number of rotatable bonds is 7. The minimum absolute atomic E-state index is 0.0321. The minimum Gasteiger partial charge on any atom is -0.494 e. The van der Waals surface area contributed by atoms with Crippen molar-refractivity contribution in [3.05, 3.63) is 42.0 Å². The van der Waals surface area contributed by atoms with E-state index >= 15 is 0 Å². The van der Waals surface area contributed by atoms with Gasteiger partial charge in [-0.3, -0.25) is 10.00 Å². The van der Waals surface area contributed by atoms with E-state index in [1.165, 1.54) is 0 Å². The molecule has 0 saturated carbocycles. The Morgan fingerprint density at radius 1 is 1.35 bits per heavy atom. The lowest BCUT2D eigenvalue weighted by atomic mass is 10.2. The fourth-order valence-electron chi connectivity index (χ4n) is 2.67. The molecule has 6 nitrogen and oxygen atoms in total. The lowest BCUT2D eigenvalue weighted by Crippen LogP contribution is -2.39. The smallest absolute Gasteiger partial charge is 0.180 e. The van der Waals surface area contributed by atoms with Crippen LogP contribution in [0.25, 0.3) is 0 Å². The molecule has 0 radical (unpaired) electrons. The lowest BCUT2D eigenvalue weighted by Gasteiger charge is -2.31. The summed E-state index contributed by atoms with van der Waals surface area (Å²) in [4.78, 5) is 6.87. The summed E-state index contributed by atoms with van der Waals surface area (Å²) >= 11 is 0. The third-order valence-electron chi connectivity index (χ3n) is 3.95. The number of aryl methyl sites for hydroxylation is 1. The summed E-state index contributed by atoms with van der Waals surface area (Å²) in [5.74, 6) is 2.62. The standard InChI is InChI=1S/C17H24N4O2/c1-2-16-18-17(20-19-16)15-13-21(10-12-23-15)9-6-11-22-14-7-4-3-5-8-14/h3-5,7-8,15H,2,6,9-13H2,1H3,(H,18,19,20)/t15-/m0/s1. The Bertz CT molecular complexity index is 587. The maximum atomic E-state index is 5.81. The number of nitrogens with zero attached hydrogens (tertiary/aromatic N) is 3. The number of aromatic amines is 1. The molecule has 2 heterocycles. The number of hydrogen-bond donors (Lipinski definition) is 1. The predicted octanol–water partition coefficient (Wildman–Crippen LogP) is 2.21. The van der Waals surface area contributed by atoms with Crippen molar-refractivity contribution in [2.75, 3.05) is 32.8 Å². The van der Waals surface area contributed by atoms with E-state index in [-0.39, 0.29) is 6.10 Å². The van der Waals surface area contributed by atoms with E-state index in [1.807, 2.05) is 30.3 Å². The van der Waals surface area contributed by atoms with E-state index in [2.05, 4.69) is 27.0 Å². The van der Waals surface area contributed by atoms with Crippen molar-refractivity contribution in [3.63, 3.8) is 0 Å². The summed E-state index contributed by atoms with van der Waals surface area (Å²) in [7, 11) is 0. The highest BCUT2D eigenvalue weighted by Gasteiger charge is 2.24. The summed E-state index contributed by atoms with van der Waals surface area (Å²) in [6, 6.07) is 9.94. The molecule has 1 aliphatic heterocycles. The first-order valence-electron chi connectivity index (χ1n) is 8.28. The van der Waals surface area contributed by atoms with E-state index in [9.17, 15) is 0 Å². The number of nitrogens with one attached hydrogen (secondary N) is 1. The molecular weight excluding hydrogens is 292 g/mol. The highest BCUT2D eigenvalue weighted by Crippen LogP contribution is 2.19. The van der Waals surface area contributed by atoms with Crippen LogP contribution in [0.3, 0.4) is 0 Å². The Labute approximate surface area is 136 Å². The molecule has 1 N–H and O–H groups in total. The molecule has 124 valence electrons. The van der Waals surface area contributed by atoms with Gasteiger partial charge in [0, 0.05) is 26.1 Å². The molecule has 2 aromatic rings. The summed E-state index contributed by atoms with van der Waals surface area (Å²) in [5, 5.41) is 7.23. The van der Waals surface area contributed by atoms with Gasteiger partial charge in [0.25, 0.3) is 0 Å². The average molecular weight is 316 g/mol. The van der Waals surface area contributed by atoms with Crippen LogP contribution in [0.2, 0.25) is 0 Å². The number of benzene rings is 1. The van der Waals surface area contributed by atoms with E-state index in [4.69, 9.17) is 9.47 Å². The molecule has 1 aromatic carbocycles. The van der Waals surface area contributed by atoms with Crippen LogP contribution in [0.15, 0.2) is 30.3 Å². The highest BCUT2D eigenvalue weighted by atomic mass is 16.5. The Kier molecular flexibility index (Phi) is 5.60. The second-order valence-electron chi connectivity index (χ2n) is 5.67. The van der Waals surface area contributed by atoms with Crippen LogP contribution in [-0.2, 0) is 11.2 Å². The van der Waals surface area contributed by atoms with Crippen molar-refractivity contribution < 1.29 is 9.47 Å². The average Bonchev–Trinajstić information content (AvgIpc) is 3.09. The number of hydrogen-bond acceptors (Lipinski definition) is 5. The van der Waals surface area contributed by atoms with Gasteiger partial charge >= 0.3 is 0 Å². The number of ether oxygens (including phenoxy) is 2. The Hall–Kier alpha value is -1.92. The number of para-hydroxylation sites is 1. The summed E-state index contributed by atoms with van der Waals surface area (Å²) in [6.45, 7) is 6.30. The third kappa shape index (κ3) is 4.53. The van der Waals surface area contributed by atoms with Crippen molar-refractivity contribution >= 4 is 0 Å². The molecule has 1 aliphatic rings. The number of aromatic nitrogens is 3. The quantitative estimate of drug-likeness (QED) is 0.794. The highest BCUT2D eigenvalue weighted by molar-refractivity contribution is 5.20. The van der Waals surface area contributed by atoms with Crippen LogP contribution in [0, 0.1) is 0 Å². The van der Waals surface area contributed by atoms with Gasteiger partial charge < -0.3 is 9.47 Å². The minimum atomic E-state index is -0.0321. The van der Waals surface area contributed by atoms with Gasteiger partial charge in [-0.1, -0.05) is 25.1 Å². The van der Waals surface area contributed by atoms with Crippen molar-refractivity contribution in [2.24, 2.45) is 0 Å². The Balaban J connectivity index is 1.42. The molecule has 0 unspecified atom stereocenters. The molecule has 0 bridgehead atoms. The SMILES string of the molecule is CCc1nc([C@@H]2CN(CCCOc3ccccc3)CCO2)n[nH]1. The van der Waals surface area contributed by atoms with Gasteiger partial charge in [-0.25, -0.2) is 4.98 Å². The molecule has 23 heavy (non-hydrogen) atoms. The zero-order valence-electron chi connectivity index (χ0n) is 13.6. The Morgan fingerprint density at radius 3 is 3.00 bits per heavy atom. The summed E-state index contributed by atoms with van der Waals surface area (Å²) < 4.78 is 11.5. The first-order valence-corrected chi connectivity index (χ1v) is 8.28. The molecule has 0 spiro atoms. The first kappa shape index (κ1) is 16.0. The molecule has 1 saturated heterocycles. The van der Waals surface area contributed by atoms with Crippen LogP contribution >= 0.6 is 0 Å². The predicted molar refractivity (Wildman–Crippen MR) is 87.4 cm³/mol. The summed E-state index contributed by atoms with van der Waals surface area (Å²) in [5.41, 5.74) is 0. The zero-order valence-corrected chi connectivity index (χ0v) is 13.6. The van der Waals surface area contributed by atoms with E-state index in [0.29, 0.717) is 0 Å². The van der Waals surface area contributed by atoms with Gasteiger partial charge in [0.2, 0.25) is 0 Å². The fraction of sp³-hybridized carbons (Fsp3) is 0.529. The zero-order chi connectivity index (χ0) is 15.9. The van der Waals surface area contributed by atoms with E-state index in [1.54, 1.807) is 0 Å². The Morgan fingerprint density at radius 2 is 2.22 bits per heavy atom. The molecule has 1 aromatic heterocycles. The van der Waals surface area contributed by atoms with Gasteiger partial charge in [-0.2, -0.15) is 5.10 Å². The van der Waals surface area contributed by atoms with Gasteiger partial charge in [-0.15, -0.1) is 0 Å². The van der Waals surface area contributed by atoms with Crippen LogP contribution in [0.1, 0.15) is 31.1 Å². The van der Waals surface area contributed by atoms with Crippen molar-refractivity contribution in [1.29, 1.82) is 0 Å². The van der Waals surface area contributed by atoms with Crippen LogP contribution in [0.4, 0.5) is 0 Å². The normalized spacial score (nSPS) is 18.9.